The molecule has 0 spiro atoms. The molecule has 2 aromatic carbocycles. The predicted molar refractivity (Wildman–Crippen MR) is 159 cm³/mol. The summed E-state index contributed by atoms with van der Waals surface area (Å²) in [7, 11) is -4.61. The van der Waals surface area contributed by atoms with Crippen LogP contribution in [0, 0.1) is 23.3 Å². The topological polar surface area (TPSA) is 147 Å². The summed E-state index contributed by atoms with van der Waals surface area (Å²) in [6.07, 6.45) is -1.49. The van der Waals surface area contributed by atoms with E-state index in [0.717, 1.165) is 27.7 Å². The lowest BCUT2D eigenvalue weighted by molar-refractivity contribution is 0.102. The number of carboxylic acid groups (broad SMARTS) is 1. The van der Waals surface area contributed by atoms with Gasteiger partial charge in [0.15, 0.2) is 17.5 Å². The maximum absolute atomic E-state index is 15.4. The Hall–Kier alpha value is -4.80. The number of nitrogens with zero attached hydrogens (tertiary/aromatic N) is 4. The van der Waals surface area contributed by atoms with Gasteiger partial charge in [-0.2, -0.15) is 4.98 Å². The van der Waals surface area contributed by atoms with E-state index in [9.17, 15) is 31.9 Å². The third kappa shape index (κ3) is 6.59. The number of hydrogen-bond donors (Lipinski definition) is 3. The van der Waals surface area contributed by atoms with Gasteiger partial charge in [0.2, 0.25) is 16.0 Å². The van der Waals surface area contributed by atoms with E-state index in [1.807, 2.05) is 0 Å². The molecule has 1 fully saturated rings. The average molecular weight is 667 g/mol. The van der Waals surface area contributed by atoms with Gasteiger partial charge in [0, 0.05) is 47.8 Å². The number of rotatable bonds is 8. The van der Waals surface area contributed by atoms with E-state index in [1.54, 1.807) is 18.6 Å². The quantitative estimate of drug-likeness (QED) is 0.175. The molecule has 0 saturated carbocycles. The van der Waals surface area contributed by atoms with E-state index in [0.29, 0.717) is 6.07 Å². The highest BCUT2D eigenvalue weighted by Gasteiger charge is 2.31. The second kappa shape index (κ2) is 12.5. The van der Waals surface area contributed by atoms with E-state index in [2.05, 4.69) is 15.3 Å². The predicted octanol–water partition coefficient (Wildman–Crippen LogP) is 5.04. The molecule has 5 rings (SSSR count). The third-order valence-corrected chi connectivity index (χ3v) is 8.51. The fourth-order valence-electron chi connectivity index (χ4n) is 5.24. The zero-order valence-electron chi connectivity index (χ0n) is 24.3. The van der Waals surface area contributed by atoms with E-state index < -0.39 is 85.8 Å². The Morgan fingerprint density at radius 3 is 2.46 bits per heavy atom. The van der Waals surface area contributed by atoms with Crippen molar-refractivity contribution in [3.8, 4) is 11.1 Å². The monoisotopic (exact) mass is 666 g/mol. The van der Waals surface area contributed by atoms with Crippen LogP contribution in [-0.4, -0.2) is 64.4 Å². The van der Waals surface area contributed by atoms with Crippen molar-refractivity contribution in [3.05, 3.63) is 81.8 Å². The van der Waals surface area contributed by atoms with Crippen molar-refractivity contribution in [2.75, 3.05) is 23.1 Å². The Bertz CT molecular complexity index is 2010. The van der Waals surface area contributed by atoms with Gasteiger partial charge in [0.25, 0.3) is 5.56 Å². The molecule has 11 nitrogen and oxygen atoms in total. The first kappa shape index (κ1) is 32.6. The van der Waals surface area contributed by atoms with Gasteiger partial charge in [-0.05, 0) is 32.0 Å². The van der Waals surface area contributed by atoms with Crippen molar-refractivity contribution < 1.29 is 40.3 Å². The molecular formula is C29H27F5N6O5S. The molecule has 3 heterocycles. The van der Waals surface area contributed by atoms with Crippen molar-refractivity contribution in [2.45, 2.75) is 44.3 Å². The fourth-order valence-corrected chi connectivity index (χ4v) is 6.45. The molecule has 0 unspecified atom stereocenters. The van der Waals surface area contributed by atoms with Crippen LogP contribution in [0.1, 0.15) is 31.9 Å². The molecule has 2 atom stereocenters. The van der Waals surface area contributed by atoms with Crippen molar-refractivity contribution in [2.24, 2.45) is 0 Å². The van der Waals surface area contributed by atoms with Gasteiger partial charge < -0.3 is 15.3 Å². The zero-order chi connectivity index (χ0) is 33.5. The highest BCUT2D eigenvalue weighted by molar-refractivity contribution is 7.91. The van der Waals surface area contributed by atoms with Gasteiger partial charge in [-0.3, -0.25) is 14.1 Å². The molecule has 2 aromatic heterocycles. The maximum Gasteiger partial charge on any atom is 0.407 e. The largest absolute Gasteiger partial charge is 0.465 e. The van der Waals surface area contributed by atoms with Crippen LogP contribution in [0.3, 0.4) is 0 Å². The molecule has 1 aliphatic heterocycles. The first-order valence-corrected chi connectivity index (χ1v) is 15.5. The minimum atomic E-state index is -4.61. The normalized spacial score (nSPS) is 17.0. The third-order valence-electron chi connectivity index (χ3n) is 7.30. The summed E-state index contributed by atoms with van der Waals surface area (Å²) in [4.78, 5) is 34.4. The van der Waals surface area contributed by atoms with Gasteiger partial charge in [-0.15, -0.1) is 0 Å². The number of amides is 1. The molecule has 1 saturated heterocycles. The van der Waals surface area contributed by atoms with Crippen LogP contribution in [0.15, 0.2) is 47.4 Å². The number of fused-ring (bicyclic) bond motifs is 1. The van der Waals surface area contributed by atoms with Crippen molar-refractivity contribution in [1.82, 2.24) is 19.4 Å². The molecular weight excluding hydrogens is 639 g/mol. The molecule has 1 amide bonds. The van der Waals surface area contributed by atoms with Crippen LogP contribution < -0.4 is 15.6 Å². The maximum atomic E-state index is 15.4. The highest BCUT2D eigenvalue weighted by atomic mass is 32.2. The number of piperidine rings is 1. The lowest BCUT2D eigenvalue weighted by Crippen LogP contribution is -2.49. The van der Waals surface area contributed by atoms with Crippen LogP contribution in [0.5, 0.6) is 0 Å². The van der Waals surface area contributed by atoms with Gasteiger partial charge in [0.1, 0.15) is 23.3 Å². The summed E-state index contributed by atoms with van der Waals surface area (Å²) in [6, 6.07) is 5.14. The fraction of sp³-hybridized carbons (Fsp3) is 0.310. The number of benzene rings is 2. The molecule has 0 bridgehead atoms. The standard InChI is InChI=1S/C29H27F5N6O5S/c1-14(2)40-26-16(10-35-28(37-26)36-18-8-17(30)11-39(12-18)29(42)43)7-20(27(40)41)19-9-22(32)25(24(34)23(19)33)38-46(44,45)13-15-5-3-4-6-21(15)31/h3-7,9-10,14,17-18,38H,8,11-13H2,1-2H3,(H,42,43)(H,35,36,37)/t17-,18-/m0/s1. The lowest BCUT2D eigenvalue weighted by atomic mass is 10.0. The molecule has 0 aliphatic carbocycles. The molecule has 4 aromatic rings. The first-order chi connectivity index (χ1) is 21.6. The van der Waals surface area contributed by atoms with Crippen LogP contribution in [-0.2, 0) is 15.8 Å². The Morgan fingerprint density at radius 2 is 1.78 bits per heavy atom. The van der Waals surface area contributed by atoms with Crippen LogP contribution in [0.25, 0.3) is 22.2 Å². The molecule has 17 heteroatoms. The van der Waals surface area contributed by atoms with Crippen LogP contribution >= 0.6 is 0 Å². The van der Waals surface area contributed by atoms with Gasteiger partial charge in [0.05, 0.1) is 17.9 Å². The highest BCUT2D eigenvalue weighted by Crippen LogP contribution is 2.32. The number of pyridine rings is 1. The summed E-state index contributed by atoms with van der Waals surface area (Å²) < 4.78 is 102. The number of aromatic nitrogens is 3. The molecule has 244 valence electrons. The van der Waals surface area contributed by atoms with Crippen LogP contribution in [0.4, 0.5) is 38.4 Å². The summed E-state index contributed by atoms with van der Waals surface area (Å²) in [5, 5.41) is 12.3. The van der Waals surface area contributed by atoms with E-state index in [-0.39, 0.29) is 42.1 Å². The molecule has 1 aliphatic rings. The summed E-state index contributed by atoms with van der Waals surface area (Å²) in [5.74, 6) is -7.09. The molecule has 3 N–H and O–H groups in total. The summed E-state index contributed by atoms with van der Waals surface area (Å²) >= 11 is 0. The van der Waals surface area contributed by atoms with E-state index in [4.69, 9.17) is 0 Å². The number of carbonyl (C=O) groups is 1. The number of alkyl halides is 1. The van der Waals surface area contributed by atoms with Crippen LogP contribution in [0.2, 0.25) is 0 Å². The second-order valence-electron chi connectivity index (χ2n) is 11.0. The zero-order valence-corrected chi connectivity index (χ0v) is 25.1. The Morgan fingerprint density at radius 1 is 1.07 bits per heavy atom. The Kier molecular flexibility index (Phi) is 8.88. The average Bonchev–Trinajstić information content (AvgIpc) is 2.97. The smallest absolute Gasteiger partial charge is 0.407 e. The summed E-state index contributed by atoms with van der Waals surface area (Å²) in [6.45, 7) is 2.88. The summed E-state index contributed by atoms with van der Waals surface area (Å²) in [5.41, 5.74) is -3.77. The van der Waals surface area contributed by atoms with Crippen molar-refractivity contribution in [3.63, 3.8) is 0 Å². The van der Waals surface area contributed by atoms with Gasteiger partial charge in [-0.25, -0.2) is 40.1 Å². The van der Waals surface area contributed by atoms with E-state index >= 15 is 13.2 Å². The van der Waals surface area contributed by atoms with E-state index in [1.165, 1.54) is 18.3 Å². The molecule has 0 radical (unpaired) electrons. The second-order valence-corrected chi connectivity index (χ2v) is 12.7. The lowest BCUT2D eigenvalue weighted by Gasteiger charge is -2.33. The molecule has 46 heavy (non-hydrogen) atoms. The minimum absolute atomic E-state index is 0.0210. The Balaban J connectivity index is 1.51. The number of nitrogens with one attached hydrogen (secondary N) is 2. The van der Waals surface area contributed by atoms with Gasteiger partial charge in [-0.1, -0.05) is 18.2 Å². The van der Waals surface area contributed by atoms with Gasteiger partial charge >= 0.3 is 6.09 Å². The SMILES string of the molecule is CC(C)n1c(=O)c(-c2cc(F)c(NS(=O)(=O)Cc3ccccc3F)c(F)c2F)cc2cnc(N[C@H]3C[C@H](F)CN(C(=O)O)C3)nc21. The number of hydrogen-bond acceptors (Lipinski definition) is 7. The minimum Gasteiger partial charge on any atom is -0.465 e. The first-order valence-electron chi connectivity index (χ1n) is 13.9. The number of anilines is 2. The Labute approximate surface area is 258 Å². The number of likely N-dealkylation sites (tertiary alicyclic amines) is 1. The number of sulfonamides is 1. The number of halogens is 5. The van der Waals surface area contributed by atoms with Crippen molar-refractivity contribution in [1.29, 1.82) is 0 Å². The van der Waals surface area contributed by atoms with Crippen molar-refractivity contribution >= 4 is 38.8 Å².